The maximum absolute atomic E-state index is 12.2. The first kappa shape index (κ1) is 15.9. The van der Waals surface area contributed by atoms with Crippen molar-refractivity contribution in [3.8, 4) is 0 Å². The molecule has 0 radical (unpaired) electrons. The number of rotatable bonds is 4. The molecule has 0 aliphatic heterocycles. The molecule has 4 heteroatoms. The molecule has 2 rings (SSSR count). The van der Waals surface area contributed by atoms with Crippen molar-refractivity contribution in [2.75, 3.05) is 0 Å². The van der Waals surface area contributed by atoms with E-state index in [2.05, 4.69) is 17.6 Å². The third kappa shape index (κ3) is 2.80. The summed E-state index contributed by atoms with van der Waals surface area (Å²) in [5.74, 6) is 1.80. The molecule has 0 spiro atoms. The number of aromatic nitrogens is 1. The number of furan rings is 1. The van der Waals surface area contributed by atoms with Gasteiger partial charge in [-0.15, -0.1) is 11.6 Å². The lowest BCUT2D eigenvalue weighted by Gasteiger charge is -2.18. The van der Waals surface area contributed by atoms with Gasteiger partial charge in [0, 0.05) is 22.5 Å². The van der Waals surface area contributed by atoms with Gasteiger partial charge in [-0.25, -0.2) is 0 Å². The number of ketones is 1. The quantitative estimate of drug-likeness (QED) is 0.604. The maximum Gasteiger partial charge on any atom is 0.182 e. The van der Waals surface area contributed by atoms with Crippen LogP contribution in [-0.2, 0) is 0 Å². The highest BCUT2D eigenvalue weighted by Crippen LogP contribution is 2.30. The number of aryl methyl sites for hydroxylation is 3. The van der Waals surface area contributed by atoms with E-state index in [1.807, 2.05) is 33.8 Å². The van der Waals surface area contributed by atoms with Crippen molar-refractivity contribution in [2.24, 2.45) is 0 Å². The summed E-state index contributed by atoms with van der Waals surface area (Å²) in [5, 5.41) is -0.507. The predicted octanol–water partition coefficient (Wildman–Crippen LogP) is 4.73. The molecule has 21 heavy (non-hydrogen) atoms. The Kier molecular flexibility index (Phi) is 4.33. The highest BCUT2D eigenvalue weighted by molar-refractivity contribution is 6.33. The average Bonchev–Trinajstić information content (AvgIpc) is 2.87. The van der Waals surface area contributed by atoms with E-state index >= 15 is 0 Å². The van der Waals surface area contributed by atoms with Gasteiger partial charge in [0.25, 0.3) is 0 Å². The van der Waals surface area contributed by atoms with E-state index in [1.165, 1.54) is 0 Å². The third-order valence-corrected chi connectivity index (χ3v) is 4.23. The SMILES string of the molecule is Cc1cc(C(C)n2c(C)cc(C(=O)C(C)Cl)c2C)c(C)o1. The first-order chi connectivity index (χ1) is 9.73. The Morgan fingerprint density at radius 3 is 2.29 bits per heavy atom. The first-order valence-corrected chi connectivity index (χ1v) is 7.61. The van der Waals surface area contributed by atoms with Gasteiger partial charge in [0.05, 0.1) is 11.4 Å². The van der Waals surface area contributed by atoms with Crippen LogP contribution < -0.4 is 0 Å². The lowest BCUT2D eigenvalue weighted by Crippen LogP contribution is -2.14. The summed E-state index contributed by atoms with van der Waals surface area (Å²) in [6, 6.07) is 4.11. The van der Waals surface area contributed by atoms with E-state index < -0.39 is 5.38 Å². The number of Topliss-reactive ketones (excluding diaryl/α,β-unsaturated/α-hetero) is 1. The van der Waals surface area contributed by atoms with Crippen LogP contribution in [0.2, 0.25) is 0 Å². The Morgan fingerprint density at radius 2 is 1.81 bits per heavy atom. The number of hydrogen-bond donors (Lipinski definition) is 0. The van der Waals surface area contributed by atoms with E-state index in [-0.39, 0.29) is 11.8 Å². The third-order valence-electron chi connectivity index (χ3n) is 4.03. The fourth-order valence-electron chi connectivity index (χ4n) is 3.04. The van der Waals surface area contributed by atoms with Gasteiger partial charge in [0.1, 0.15) is 11.5 Å². The molecule has 0 bridgehead atoms. The van der Waals surface area contributed by atoms with E-state index in [4.69, 9.17) is 16.0 Å². The van der Waals surface area contributed by atoms with Crippen LogP contribution in [0.5, 0.6) is 0 Å². The van der Waals surface area contributed by atoms with E-state index in [0.29, 0.717) is 5.56 Å². The Morgan fingerprint density at radius 1 is 1.19 bits per heavy atom. The highest BCUT2D eigenvalue weighted by Gasteiger charge is 2.23. The Labute approximate surface area is 130 Å². The maximum atomic E-state index is 12.2. The Hall–Kier alpha value is -1.48. The van der Waals surface area contributed by atoms with Crippen molar-refractivity contribution in [3.05, 3.63) is 46.2 Å². The number of hydrogen-bond acceptors (Lipinski definition) is 2. The zero-order chi connectivity index (χ0) is 15.9. The monoisotopic (exact) mass is 307 g/mol. The number of nitrogens with zero attached hydrogens (tertiary/aromatic N) is 1. The molecule has 0 N–H and O–H groups in total. The largest absolute Gasteiger partial charge is 0.466 e. The van der Waals surface area contributed by atoms with Crippen LogP contribution in [0.4, 0.5) is 0 Å². The lowest BCUT2D eigenvalue weighted by molar-refractivity contribution is 0.0991. The molecular formula is C17H22ClNO2. The van der Waals surface area contributed by atoms with Crippen LogP contribution >= 0.6 is 11.6 Å². The van der Waals surface area contributed by atoms with Crippen molar-refractivity contribution >= 4 is 17.4 Å². The molecule has 0 aromatic carbocycles. The zero-order valence-corrected chi connectivity index (χ0v) is 14.2. The van der Waals surface area contributed by atoms with Crippen LogP contribution in [0.25, 0.3) is 0 Å². The molecule has 0 amide bonds. The number of halogens is 1. The van der Waals surface area contributed by atoms with Gasteiger partial charge in [-0.3, -0.25) is 4.79 Å². The molecule has 2 unspecified atom stereocenters. The molecule has 0 saturated carbocycles. The van der Waals surface area contributed by atoms with Crippen molar-refractivity contribution in [3.63, 3.8) is 0 Å². The molecular weight excluding hydrogens is 286 g/mol. The van der Waals surface area contributed by atoms with Crippen molar-refractivity contribution in [1.82, 2.24) is 4.57 Å². The minimum atomic E-state index is -0.507. The van der Waals surface area contributed by atoms with Crippen molar-refractivity contribution < 1.29 is 9.21 Å². The van der Waals surface area contributed by atoms with E-state index in [1.54, 1.807) is 6.92 Å². The van der Waals surface area contributed by atoms with Gasteiger partial charge < -0.3 is 8.98 Å². The number of alkyl halides is 1. The molecule has 2 heterocycles. The number of carbonyl (C=O) groups excluding carboxylic acids is 1. The van der Waals surface area contributed by atoms with Crippen LogP contribution in [0.15, 0.2) is 16.5 Å². The summed E-state index contributed by atoms with van der Waals surface area (Å²) in [4.78, 5) is 12.2. The fraction of sp³-hybridized carbons (Fsp3) is 0.471. The zero-order valence-electron chi connectivity index (χ0n) is 13.5. The normalized spacial score (nSPS) is 14.2. The molecule has 114 valence electrons. The summed E-state index contributed by atoms with van der Waals surface area (Å²) >= 11 is 5.95. The van der Waals surface area contributed by atoms with Gasteiger partial charge in [-0.05, 0) is 53.7 Å². The smallest absolute Gasteiger partial charge is 0.182 e. The van der Waals surface area contributed by atoms with Gasteiger partial charge in [0.15, 0.2) is 5.78 Å². The Balaban J connectivity index is 2.50. The second-order valence-corrected chi connectivity index (χ2v) is 6.33. The van der Waals surface area contributed by atoms with Crippen LogP contribution in [0.1, 0.15) is 58.7 Å². The van der Waals surface area contributed by atoms with Crippen molar-refractivity contribution in [2.45, 2.75) is 53.0 Å². The van der Waals surface area contributed by atoms with Crippen LogP contribution in [0.3, 0.4) is 0 Å². The second-order valence-electron chi connectivity index (χ2n) is 5.68. The topological polar surface area (TPSA) is 35.1 Å². The first-order valence-electron chi connectivity index (χ1n) is 7.17. The molecule has 0 aliphatic carbocycles. The van der Waals surface area contributed by atoms with E-state index in [9.17, 15) is 4.79 Å². The lowest BCUT2D eigenvalue weighted by atomic mass is 10.1. The average molecular weight is 308 g/mol. The highest BCUT2D eigenvalue weighted by atomic mass is 35.5. The standard InChI is InChI=1S/C17H22ClNO2/c1-9-7-16(17(20)11(3)18)13(5)19(9)12(4)15-8-10(2)21-14(15)6/h7-8,11-12H,1-6H3. The summed E-state index contributed by atoms with van der Waals surface area (Å²) in [6.45, 7) is 11.7. The van der Waals surface area contributed by atoms with Gasteiger partial charge in [-0.2, -0.15) is 0 Å². The number of carbonyl (C=O) groups is 1. The molecule has 0 aliphatic rings. The molecule has 3 nitrogen and oxygen atoms in total. The predicted molar refractivity (Wildman–Crippen MR) is 85.5 cm³/mol. The van der Waals surface area contributed by atoms with Gasteiger partial charge >= 0.3 is 0 Å². The van der Waals surface area contributed by atoms with Gasteiger partial charge in [0.2, 0.25) is 0 Å². The molecule has 2 aromatic heterocycles. The molecule has 2 aromatic rings. The van der Waals surface area contributed by atoms with Gasteiger partial charge in [-0.1, -0.05) is 0 Å². The van der Waals surface area contributed by atoms with Crippen molar-refractivity contribution in [1.29, 1.82) is 0 Å². The summed E-state index contributed by atoms with van der Waals surface area (Å²) in [6.07, 6.45) is 0. The second kappa shape index (κ2) is 5.72. The minimum absolute atomic E-state index is 0.0247. The van der Waals surface area contributed by atoms with Crippen LogP contribution in [0, 0.1) is 27.7 Å². The minimum Gasteiger partial charge on any atom is -0.466 e. The molecule has 2 atom stereocenters. The molecule has 0 fully saturated rings. The van der Waals surface area contributed by atoms with Crippen LogP contribution in [-0.4, -0.2) is 15.7 Å². The summed E-state index contributed by atoms with van der Waals surface area (Å²) in [5.41, 5.74) is 3.86. The Bertz CT molecular complexity index is 679. The fourth-order valence-corrected chi connectivity index (χ4v) is 3.16. The van der Waals surface area contributed by atoms with E-state index in [0.717, 1.165) is 28.5 Å². The summed E-state index contributed by atoms with van der Waals surface area (Å²) in [7, 11) is 0. The molecule has 0 saturated heterocycles. The summed E-state index contributed by atoms with van der Waals surface area (Å²) < 4.78 is 7.80.